The predicted octanol–water partition coefficient (Wildman–Crippen LogP) is 0.306. The maximum absolute atomic E-state index is 11.0. The maximum atomic E-state index is 11.0. The van der Waals surface area contributed by atoms with Gasteiger partial charge in [-0.15, -0.1) is 0 Å². The van der Waals surface area contributed by atoms with Crippen LogP contribution in [0.2, 0.25) is 0 Å². The Bertz CT molecular complexity index is 274. The van der Waals surface area contributed by atoms with E-state index in [-0.39, 0.29) is 0 Å². The molecule has 2 unspecified atom stereocenters. The van der Waals surface area contributed by atoms with E-state index in [0.717, 1.165) is 19.3 Å². The third-order valence-electron chi connectivity index (χ3n) is 2.82. The molecule has 7 heteroatoms. The number of aliphatic carboxylic acids is 2. The molecule has 0 fully saturated rings. The normalized spacial score (nSPS) is 14.0. The molecule has 2 atom stereocenters. The average molecular weight is 275 g/mol. The first-order chi connectivity index (χ1) is 9.02. The van der Waals surface area contributed by atoms with Gasteiger partial charge in [0.2, 0.25) is 0 Å². The minimum atomic E-state index is -0.996. The molecule has 0 aromatic carbocycles. The topological polar surface area (TPSA) is 125 Å². The van der Waals surface area contributed by atoms with Crippen LogP contribution in [-0.2, 0) is 9.59 Å². The number of nitrogens with two attached hydrogens (primary N) is 1. The molecule has 0 rings (SSSR count). The van der Waals surface area contributed by atoms with Gasteiger partial charge in [-0.1, -0.05) is 19.8 Å². The minimum Gasteiger partial charge on any atom is -0.480 e. The molecule has 0 bridgehead atoms. The van der Waals surface area contributed by atoms with Crippen molar-refractivity contribution < 1.29 is 19.8 Å². The van der Waals surface area contributed by atoms with Crippen molar-refractivity contribution in [1.29, 1.82) is 0 Å². The van der Waals surface area contributed by atoms with Gasteiger partial charge < -0.3 is 15.9 Å². The van der Waals surface area contributed by atoms with Crippen molar-refractivity contribution in [2.45, 2.75) is 57.5 Å². The van der Waals surface area contributed by atoms with Crippen LogP contribution in [0.4, 0.5) is 0 Å². The first-order valence-corrected chi connectivity index (χ1v) is 6.69. The minimum absolute atomic E-state index is 0.416. The molecule has 7 nitrogen and oxygen atoms in total. The molecule has 0 aromatic rings. The molecule has 0 aromatic heterocycles. The summed E-state index contributed by atoms with van der Waals surface area (Å²) in [6.45, 7) is 2.49. The summed E-state index contributed by atoms with van der Waals surface area (Å²) in [5.74, 6) is -1.98. The van der Waals surface area contributed by atoms with Gasteiger partial charge in [0, 0.05) is 0 Å². The summed E-state index contributed by atoms with van der Waals surface area (Å²) >= 11 is 0. The Labute approximate surface area is 113 Å². The molecular formula is C12H25N3O4. The number of carboxylic acids is 2. The molecule has 19 heavy (non-hydrogen) atoms. The van der Waals surface area contributed by atoms with Crippen molar-refractivity contribution in [3.8, 4) is 0 Å². The molecule has 112 valence electrons. The fraction of sp³-hybridized carbons (Fsp3) is 0.833. The zero-order chi connectivity index (χ0) is 14.7. The van der Waals surface area contributed by atoms with Crippen LogP contribution in [-0.4, -0.2) is 40.8 Å². The van der Waals surface area contributed by atoms with Crippen molar-refractivity contribution in [3.05, 3.63) is 0 Å². The van der Waals surface area contributed by atoms with Crippen LogP contribution in [0.15, 0.2) is 0 Å². The first-order valence-electron chi connectivity index (χ1n) is 6.69. The first kappa shape index (κ1) is 17.8. The fourth-order valence-electron chi connectivity index (χ4n) is 1.62. The van der Waals surface area contributed by atoms with Gasteiger partial charge in [0.1, 0.15) is 12.1 Å². The van der Waals surface area contributed by atoms with E-state index in [2.05, 4.69) is 10.9 Å². The number of rotatable bonds is 12. The molecule has 0 amide bonds. The highest BCUT2D eigenvalue weighted by molar-refractivity contribution is 5.74. The van der Waals surface area contributed by atoms with Crippen LogP contribution in [0.1, 0.15) is 45.4 Å². The van der Waals surface area contributed by atoms with E-state index < -0.39 is 24.0 Å². The van der Waals surface area contributed by atoms with Crippen LogP contribution in [0.25, 0.3) is 0 Å². The number of hydrogen-bond acceptors (Lipinski definition) is 5. The van der Waals surface area contributed by atoms with Gasteiger partial charge >= 0.3 is 11.9 Å². The summed E-state index contributed by atoms with van der Waals surface area (Å²) in [7, 11) is 0. The van der Waals surface area contributed by atoms with Crippen molar-refractivity contribution in [3.63, 3.8) is 0 Å². The van der Waals surface area contributed by atoms with Gasteiger partial charge in [0.25, 0.3) is 0 Å². The zero-order valence-corrected chi connectivity index (χ0v) is 11.4. The molecular weight excluding hydrogens is 250 g/mol. The largest absolute Gasteiger partial charge is 0.480 e. The van der Waals surface area contributed by atoms with Crippen molar-refractivity contribution >= 4 is 11.9 Å². The number of nitrogens with one attached hydrogen (secondary N) is 2. The highest BCUT2D eigenvalue weighted by atomic mass is 16.4. The number of carboxylic acid groups (broad SMARTS) is 2. The standard InChI is InChI=1S/C12H25N3O4/c1-2-3-6-9(11(16)17)14-15-10(12(18)19)7-4-5-8-13/h9-10,14-15H,2-8,13H2,1H3,(H,16,17)(H,18,19). The zero-order valence-electron chi connectivity index (χ0n) is 11.4. The van der Waals surface area contributed by atoms with Gasteiger partial charge in [0.15, 0.2) is 0 Å². The highest BCUT2D eigenvalue weighted by Gasteiger charge is 2.21. The number of hydrogen-bond donors (Lipinski definition) is 5. The highest BCUT2D eigenvalue weighted by Crippen LogP contribution is 2.03. The molecule has 0 aliphatic carbocycles. The maximum Gasteiger partial charge on any atom is 0.322 e. The second-order valence-corrected chi connectivity index (χ2v) is 4.50. The molecule has 0 radical (unpaired) electrons. The Morgan fingerprint density at radius 3 is 1.84 bits per heavy atom. The number of carbonyl (C=O) groups is 2. The Morgan fingerprint density at radius 2 is 1.47 bits per heavy atom. The molecule has 0 heterocycles. The van der Waals surface area contributed by atoms with E-state index in [0.29, 0.717) is 25.8 Å². The van der Waals surface area contributed by atoms with E-state index in [1.54, 1.807) is 0 Å². The average Bonchev–Trinajstić information content (AvgIpc) is 2.35. The molecule has 0 aliphatic heterocycles. The number of hydrazine groups is 1. The second kappa shape index (κ2) is 10.7. The fourth-order valence-corrected chi connectivity index (χ4v) is 1.62. The van der Waals surface area contributed by atoms with Crippen molar-refractivity contribution in [2.24, 2.45) is 5.73 Å². The summed E-state index contributed by atoms with van der Waals surface area (Å²) < 4.78 is 0. The van der Waals surface area contributed by atoms with Gasteiger partial charge in [-0.2, -0.15) is 0 Å². The van der Waals surface area contributed by atoms with Crippen LogP contribution in [0, 0.1) is 0 Å². The molecule has 0 saturated heterocycles. The molecule has 0 saturated carbocycles. The lowest BCUT2D eigenvalue weighted by atomic mass is 10.1. The van der Waals surface area contributed by atoms with Crippen LogP contribution in [0.5, 0.6) is 0 Å². The van der Waals surface area contributed by atoms with E-state index in [4.69, 9.17) is 15.9 Å². The third-order valence-corrected chi connectivity index (χ3v) is 2.82. The summed E-state index contributed by atoms with van der Waals surface area (Å²) in [5.41, 5.74) is 10.5. The van der Waals surface area contributed by atoms with Crippen molar-refractivity contribution in [1.82, 2.24) is 10.9 Å². The smallest absolute Gasteiger partial charge is 0.322 e. The Morgan fingerprint density at radius 1 is 1.00 bits per heavy atom. The van der Waals surface area contributed by atoms with Crippen LogP contribution in [0.3, 0.4) is 0 Å². The molecule has 0 spiro atoms. The predicted molar refractivity (Wildman–Crippen MR) is 71.5 cm³/mol. The van der Waals surface area contributed by atoms with E-state index in [1.807, 2.05) is 6.92 Å². The summed E-state index contributed by atoms with van der Waals surface area (Å²) in [5, 5.41) is 18.0. The summed E-state index contributed by atoms with van der Waals surface area (Å²) in [6, 6.07) is -1.56. The van der Waals surface area contributed by atoms with Crippen LogP contribution < -0.4 is 16.6 Å². The van der Waals surface area contributed by atoms with E-state index >= 15 is 0 Å². The van der Waals surface area contributed by atoms with Gasteiger partial charge in [-0.05, 0) is 32.2 Å². The van der Waals surface area contributed by atoms with Gasteiger partial charge in [-0.25, -0.2) is 10.9 Å². The van der Waals surface area contributed by atoms with E-state index in [9.17, 15) is 9.59 Å². The molecule has 0 aliphatic rings. The SMILES string of the molecule is CCCCC(NNC(CCCCN)C(=O)O)C(=O)O. The van der Waals surface area contributed by atoms with Gasteiger partial charge in [-0.3, -0.25) is 9.59 Å². The Balaban J connectivity index is 4.18. The third kappa shape index (κ3) is 8.52. The monoisotopic (exact) mass is 275 g/mol. The van der Waals surface area contributed by atoms with Crippen molar-refractivity contribution in [2.75, 3.05) is 6.54 Å². The Hall–Kier alpha value is -1.18. The number of unbranched alkanes of at least 4 members (excludes halogenated alkanes) is 2. The lowest BCUT2D eigenvalue weighted by molar-refractivity contribution is -0.143. The second-order valence-electron chi connectivity index (χ2n) is 4.50. The summed E-state index contributed by atoms with van der Waals surface area (Å²) in [4.78, 5) is 22.0. The lowest BCUT2D eigenvalue weighted by Gasteiger charge is -2.19. The van der Waals surface area contributed by atoms with Gasteiger partial charge in [0.05, 0.1) is 0 Å². The lowest BCUT2D eigenvalue weighted by Crippen LogP contribution is -2.52. The summed E-state index contributed by atoms with van der Waals surface area (Å²) in [6.07, 6.45) is 3.99. The van der Waals surface area contributed by atoms with E-state index in [1.165, 1.54) is 0 Å². The van der Waals surface area contributed by atoms with Crippen LogP contribution >= 0.6 is 0 Å². The molecule has 6 N–H and O–H groups in total. The quantitative estimate of drug-likeness (QED) is 0.256. The Kier molecular flexibility index (Phi) is 10.1.